The number of rotatable bonds is 6. The summed E-state index contributed by atoms with van der Waals surface area (Å²) in [5.41, 5.74) is 6.52. The molecule has 182 valence electrons. The average Bonchev–Trinajstić information content (AvgIpc) is 3.37. The fourth-order valence-electron chi connectivity index (χ4n) is 4.75. The highest BCUT2D eigenvalue weighted by Gasteiger charge is 2.28. The standard InChI is InChI=1S/C27H27ClN2O5/c1-33-24-13-17(5-6-19(24)15-30-10-9-20(16-30)27(31)29-32)21-3-2-4-22(26(21)28)18-7-8-23-25(14-18)35-12-11-34-23/h2-8,13-14,20,32H,9-12,15-16H2,1H3,(H,29,31). The molecular formula is C27H27ClN2O5. The number of methoxy groups -OCH3 is 1. The van der Waals surface area contributed by atoms with Crippen molar-refractivity contribution in [1.29, 1.82) is 0 Å². The average molecular weight is 495 g/mol. The molecule has 1 unspecified atom stereocenters. The Bertz CT molecular complexity index is 1250. The summed E-state index contributed by atoms with van der Waals surface area (Å²) in [5, 5.41) is 9.55. The predicted octanol–water partition coefficient (Wildman–Crippen LogP) is 4.78. The minimum atomic E-state index is -0.331. The molecule has 0 spiro atoms. The summed E-state index contributed by atoms with van der Waals surface area (Å²) in [6, 6.07) is 17.9. The highest BCUT2D eigenvalue weighted by Crippen LogP contribution is 2.41. The van der Waals surface area contributed by atoms with E-state index in [9.17, 15) is 4.79 Å². The SMILES string of the molecule is COc1cc(-c2cccc(-c3ccc4c(c3)OCCO4)c2Cl)ccc1CN1CCC(C(=O)NO)C1. The number of carbonyl (C=O) groups is 1. The van der Waals surface area contributed by atoms with Crippen LogP contribution in [-0.4, -0.2) is 49.4 Å². The van der Waals surface area contributed by atoms with Gasteiger partial charge in [0.05, 0.1) is 18.1 Å². The van der Waals surface area contributed by atoms with E-state index in [4.69, 9.17) is 31.0 Å². The Labute approximate surface area is 209 Å². The summed E-state index contributed by atoms with van der Waals surface area (Å²) in [5.74, 6) is 1.70. The van der Waals surface area contributed by atoms with Crippen LogP contribution in [0, 0.1) is 5.92 Å². The number of ether oxygens (including phenoxy) is 3. The van der Waals surface area contributed by atoms with E-state index in [1.54, 1.807) is 12.6 Å². The van der Waals surface area contributed by atoms with Crippen LogP contribution in [0.25, 0.3) is 22.3 Å². The number of likely N-dealkylation sites (tertiary alicyclic amines) is 1. The molecule has 0 saturated carbocycles. The number of hydrogen-bond acceptors (Lipinski definition) is 6. The lowest BCUT2D eigenvalue weighted by atomic mass is 9.97. The summed E-state index contributed by atoms with van der Waals surface area (Å²) in [6.45, 7) is 3.12. The van der Waals surface area contributed by atoms with E-state index in [1.807, 2.05) is 54.6 Å². The lowest BCUT2D eigenvalue weighted by Gasteiger charge is -2.20. The predicted molar refractivity (Wildman–Crippen MR) is 133 cm³/mol. The van der Waals surface area contributed by atoms with Crippen molar-refractivity contribution in [3.63, 3.8) is 0 Å². The van der Waals surface area contributed by atoms with Gasteiger partial charge < -0.3 is 14.2 Å². The first-order valence-electron chi connectivity index (χ1n) is 11.6. The van der Waals surface area contributed by atoms with E-state index >= 15 is 0 Å². The molecule has 1 saturated heterocycles. The molecule has 2 heterocycles. The van der Waals surface area contributed by atoms with E-state index in [0.717, 1.165) is 58.0 Å². The topological polar surface area (TPSA) is 80.3 Å². The van der Waals surface area contributed by atoms with Crippen LogP contribution in [0.1, 0.15) is 12.0 Å². The summed E-state index contributed by atoms with van der Waals surface area (Å²) < 4.78 is 17.1. The van der Waals surface area contributed by atoms with Crippen molar-refractivity contribution in [2.24, 2.45) is 5.92 Å². The van der Waals surface area contributed by atoms with Crippen LogP contribution in [0.3, 0.4) is 0 Å². The largest absolute Gasteiger partial charge is 0.496 e. The van der Waals surface area contributed by atoms with Crippen molar-refractivity contribution in [1.82, 2.24) is 10.4 Å². The van der Waals surface area contributed by atoms with Crippen molar-refractivity contribution in [3.05, 3.63) is 65.2 Å². The van der Waals surface area contributed by atoms with Gasteiger partial charge in [-0.05, 0) is 42.3 Å². The number of benzene rings is 3. The molecule has 0 aromatic heterocycles. The van der Waals surface area contributed by atoms with Crippen molar-refractivity contribution in [2.45, 2.75) is 13.0 Å². The molecule has 0 radical (unpaired) electrons. The molecule has 35 heavy (non-hydrogen) atoms. The van der Waals surface area contributed by atoms with E-state index in [-0.39, 0.29) is 11.8 Å². The minimum Gasteiger partial charge on any atom is -0.496 e. The Morgan fingerprint density at radius 3 is 2.54 bits per heavy atom. The third kappa shape index (κ3) is 4.80. The highest BCUT2D eigenvalue weighted by atomic mass is 35.5. The summed E-state index contributed by atoms with van der Waals surface area (Å²) >= 11 is 6.91. The quantitative estimate of drug-likeness (QED) is 0.379. The van der Waals surface area contributed by atoms with Gasteiger partial charge in [-0.25, -0.2) is 5.48 Å². The summed E-state index contributed by atoms with van der Waals surface area (Å²) in [6.07, 6.45) is 0.717. The third-order valence-electron chi connectivity index (χ3n) is 6.60. The minimum absolute atomic E-state index is 0.202. The first-order chi connectivity index (χ1) is 17.1. The number of fused-ring (bicyclic) bond motifs is 1. The molecule has 3 aromatic carbocycles. The van der Waals surface area contributed by atoms with Crippen LogP contribution in [0.4, 0.5) is 0 Å². The smallest absolute Gasteiger partial charge is 0.247 e. The molecule has 2 N–H and O–H groups in total. The Morgan fingerprint density at radius 1 is 1.09 bits per heavy atom. The van der Waals surface area contributed by atoms with Gasteiger partial charge in [-0.2, -0.15) is 0 Å². The molecule has 2 aliphatic heterocycles. The van der Waals surface area contributed by atoms with Crippen LogP contribution in [0.15, 0.2) is 54.6 Å². The van der Waals surface area contributed by atoms with Gasteiger partial charge in [-0.1, -0.05) is 48.0 Å². The first-order valence-corrected chi connectivity index (χ1v) is 12.0. The van der Waals surface area contributed by atoms with Crippen LogP contribution in [0.5, 0.6) is 17.2 Å². The fraction of sp³-hybridized carbons (Fsp3) is 0.296. The zero-order valence-electron chi connectivity index (χ0n) is 19.4. The lowest BCUT2D eigenvalue weighted by Crippen LogP contribution is -2.30. The third-order valence-corrected chi connectivity index (χ3v) is 7.00. The lowest BCUT2D eigenvalue weighted by molar-refractivity contribution is -0.133. The first kappa shape index (κ1) is 23.5. The molecular weight excluding hydrogens is 468 g/mol. The van der Waals surface area contributed by atoms with Gasteiger partial charge in [0.15, 0.2) is 11.5 Å². The second-order valence-corrected chi connectivity index (χ2v) is 9.13. The maximum atomic E-state index is 11.7. The van der Waals surface area contributed by atoms with Gasteiger partial charge in [-0.3, -0.25) is 14.9 Å². The number of hydrogen-bond donors (Lipinski definition) is 2. The highest BCUT2D eigenvalue weighted by molar-refractivity contribution is 6.36. The molecule has 8 heteroatoms. The van der Waals surface area contributed by atoms with E-state index < -0.39 is 0 Å². The van der Waals surface area contributed by atoms with Gasteiger partial charge in [0.2, 0.25) is 5.91 Å². The molecule has 0 bridgehead atoms. The van der Waals surface area contributed by atoms with E-state index in [2.05, 4.69) is 4.90 Å². The number of nitrogens with zero attached hydrogens (tertiary/aromatic N) is 1. The molecule has 3 aromatic rings. The Morgan fingerprint density at radius 2 is 1.80 bits per heavy atom. The second-order valence-electron chi connectivity index (χ2n) is 8.75. The maximum absolute atomic E-state index is 11.7. The molecule has 5 rings (SSSR count). The number of nitrogens with one attached hydrogen (secondary N) is 1. The Balaban J connectivity index is 1.40. The molecule has 1 fully saturated rings. The zero-order chi connectivity index (χ0) is 24.4. The normalized spacial score (nSPS) is 17.3. The molecule has 7 nitrogen and oxygen atoms in total. The summed E-state index contributed by atoms with van der Waals surface area (Å²) in [7, 11) is 1.65. The van der Waals surface area contributed by atoms with Crippen molar-refractivity contribution >= 4 is 17.5 Å². The Hall–Kier alpha value is -3.26. The van der Waals surface area contributed by atoms with Crippen LogP contribution in [-0.2, 0) is 11.3 Å². The van der Waals surface area contributed by atoms with Gasteiger partial charge in [-0.15, -0.1) is 0 Å². The van der Waals surface area contributed by atoms with Crippen molar-refractivity contribution in [3.8, 4) is 39.5 Å². The molecule has 2 aliphatic rings. The number of carbonyl (C=O) groups excluding carboxylic acids is 1. The summed E-state index contributed by atoms with van der Waals surface area (Å²) in [4.78, 5) is 13.9. The molecule has 1 amide bonds. The van der Waals surface area contributed by atoms with Crippen molar-refractivity contribution in [2.75, 3.05) is 33.4 Å². The van der Waals surface area contributed by atoms with Crippen LogP contribution < -0.4 is 19.7 Å². The van der Waals surface area contributed by atoms with Crippen LogP contribution >= 0.6 is 11.6 Å². The fourth-order valence-corrected chi connectivity index (χ4v) is 5.10. The van der Waals surface area contributed by atoms with Crippen LogP contribution in [0.2, 0.25) is 5.02 Å². The van der Waals surface area contributed by atoms with Gasteiger partial charge in [0.25, 0.3) is 0 Å². The Kier molecular flexibility index (Phi) is 6.81. The maximum Gasteiger partial charge on any atom is 0.247 e. The number of halogens is 1. The zero-order valence-corrected chi connectivity index (χ0v) is 20.2. The van der Waals surface area contributed by atoms with E-state index in [0.29, 0.717) is 31.3 Å². The van der Waals surface area contributed by atoms with E-state index in [1.165, 1.54) is 0 Å². The number of amides is 1. The number of hydroxylamine groups is 1. The molecule has 1 atom stereocenters. The van der Waals surface area contributed by atoms with Gasteiger partial charge in [0, 0.05) is 29.8 Å². The van der Waals surface area contributed by atoms with Crippen molar-refractivity contribution < 1.29 is 24.2 Å². The molecule has 0 aliphatic carbocycles. The second kappa shape index (κ2) is 10.2. The van der Waals surface area contributed by atoms with Gasteiger partial charge in [0.1, 0.15) is 19.0 Å². The van der Waals surface area contributed by atoms with Gasteiger partial charge >= 0.3 is 0 Å². The monoisotopic (exact) mass is 494 g/mol.